The highest BCUT2D eigenvalue weighted by atomic mass is 32.2. The number of rotatable bonds is 4. The molecule has 1 saturated carbocycles. The maximum Gasteiger partial charge on any atom is 0.252 e. The predicted molar refractivity (Wildman–Crippen MR) is 101 cm³/mol. The van der Waals surface area contributed by atoms with E-state index in [0.29, 0.717) is 37.4 Å². The van der Waals surface area contributed by atoms with Gasteiger partial charge in [-0.15, -0.1) is 0 Å². The molecule has 1 saturated heterocycles. The van der Waals surface area contributed by atoms with Gasteiger partial charge in [-0.25, -0.2) is 12.7 Å². The number of sulfonamides is 1. The SMILES string of the molecule is CS(=O)(=O)N1CCC(NC(=O)c2cc(C3CC3)nc3ccccc23)CC1. The van der Waals surface area contributed by atoms with Crippen molar-refractivity contribution in [2.45, 2.75) is 37.6 Å². The molecular weight excluding hydrogens is 350 g/mol. The molecule has 0 atom stereocenters. The Balaban J connectivity index is 1.53. The van der Waals surface area contributed by atoms with E-state index in [1.807, 2.05) is 30.3 Å². The van der Waals surface area contributed by atoms with Gasteiger partial charge < -0.3 is 5.32 Å². The average molecular weight is 373 g/mol. The lowest BCUT2D eigenvalue weighted by atomic mass is 10.0. The summed E-state index contributed by atoms with van der Waals surface area (Å²) in [4.78, 5) is 17.6. The third kappa shape index (κ3) is 3.59. The molecule has 138 valence electrons. The summed E-state index contributed by atoms with van der Waals surface area (Å²) < 4.78 is 24.7. The van der Waals surface area contributed by atoms with Gasteiger partial charge in [0, 0.05) is 36.1 Å². The number of para-hydroxylation sites is 1. The molecule has 4 rings (SSSR count). The molecule has 0 spiro atoms. The lowest BCUT2D eigenvalue weighted by molar-refractivity contribution is 0.0925. The molecule has 1 aromatic carbocycles. The first kappa shape index (κ1) is 17.4. The molecular formula is C19H23N3O3S. The second-order valence-electron chi connectivity index (χ2n) is 7.30. The van der Waals surface area contributed by atoms with Gasteiger partial charge in [0.15, 0.2) is 0 Å². The van der Waals surface area contributed by atoms with Gasteiger partial charge in [0.1, 0.15) is 0 Å². The van der Waals surface area contributed by atoms with E-state index in [4.69, 9.17) is 4.98 Å². The normalized spacial score (nSPS) is 19.6. The number of benzene rings is 1. The van der Waals surface area contributed by atoms with Crippen molar-refractivity contribution in [1.82, 2.24) is 14.6 Å². The first-order valence-corrected chi connectivity index (χ1v) is 10.9. The zero-order valence-electron chi connectivity index (χ0n) is 14.8. The summed E-state index contributed by atoms with van der Waals surface area (Å²) >= 11 is 0. The molecule has 2 aliphatic rings. The number of amides is 1. The monoisotopic (exact) mass is 373 g/mol. The number of pyridine rings is 1. The van der Waals surface area contributed by atoms with Crippen molar-refractivity contribution in [2.75, 3.05) is 19.3 Å². The summed E-state index contributed by atoms with van der Waals surface area (Å²) in [6, 6.07) is 9.66. The lowest BCUT2D eigenvalue weighted by Crippen LogP contribution is -2.46. The van der Waals surface area contributed by atoms with Gasteiger partial charge in [0.25, 0.3) is 5.91 Å². The molecule has 2 aromatic rings. The number of piperidine rings is 1. The number of nitrogens with one attached hydrogen (secondary N) is 1. The number of hydrogen-bond donors (Lipinski definition) is 1. The van der Waals surface area contributed by atoms with Crippen molar-refractivity contribution in [3.8, 4) is 0 Å². The Bertz CT molecular complexity index is 946. The smallest absolute Gasteiger partial charge is 0.252 e. The Labute approximate surface area is 153 Å². The highest BCUT2D eigenvalue weighted by Crippen LogP contribution is 2.40. The van der Waals surface area contributed by atoms with Crippen LogP contribution in [0.15, 0.2) is 30.3 Å². The number of hydrogen-bond acceptors (Lipinski definition) is 4. The highest BCUT2D eigenvalue weighted by molar-refractivity contribution is 7.88. The number of aromatic nitrogens is 1. The molecule has 1 aromatic heterocycles. The molecule has 0 radical (unpaired) electrons. The van der Waals surface area contributed by atoms with Crippen LogP contribution in [0.1, 0.15) is 47.7 Å². The average Bonchev–Trinajstić information content (AvgIpc) is 3.45. The van der Waals surface area contributed by atoms with Crippen molar-refractivity contribution in [3.05, 3.63) is 41.6 Å². The third-order valence-electron chi connectivity index (χ3n) is 5.23. The maximum absolute atomic E-state index is 12.9. The summed E-state index contributed by atoms with van der Waals surface area (Å²) in [7, 11) is -3.15. The first-order valence-electron chi connectivity index (χ1n) is 9.07. The molecule has 0 bridgehead atoms. The lowest BCUT2D eigenvalue weighted by Gasteiger charge is -2.30. The molecule has 7 heteroatoms. The van der Waals surface area contributed by atoms with E-state index < -0.39 is 10.0 Å². The largest absolute Gasteiger partial charge is 0.349 e. The number of carbonyl (C=O) groups is 1. The Morgan fingerprint density at radius 2 is 1.85 bits per heavy atom. The van der Waals surface area contributed by atoms with Crippen molar-refractivity contribution in [2.24, 2.45) is 0 Å². The van der Waals surface area contributed by atoms with E-state index >= 15 is 0 Å². The van der Waals surface area contributed by atoms with Gasteiger partial charge in [0.05, 0.1) is 17.3 Å². The van der Waals surface area contributed by atoms with Gasteiger partial charge in [-0.2, -0.15) is 0 Å². The zero-order valence-corrected chi connectivity index (χ0v) is 15.6. The van der Waals surface area contributed by atoms with Crippen molar-refractivity contribution < 1.29 is 13.2 Å². The van der Waals surface area contributed by atoms with Crippen LogP contribution in [0.3, 0.4) is 0 Å². The first-order chi connectivity index (χ1) is 12.4. The molecule has 26 heavy (non-hydrogen) atoms. The van der Waals surface area contributed by atoms with E-state index in [-0.39, 0.29) is 11.9 Å². The molecule has 2 fully saturated rings. The summed E-state index contributed by atoms with van der Waals surface area (Å²) in [6.07, 6.45) is 4.77. The van der Waals surface area contributed by atoms with Crippen LogP contribution in [0.2, 0.25) is 0 Å². The molecule has 1 N–H and O–H groups in total. The minimum Gasteiger partial charge on any atom is -0.349 e. The Morgan fingerprint density at radius 1 is 1.15 bits per heavy atom. The van der Waals surface area contributed by atoms with Gasteiger partial charge in [-0.3, -0.25) is 9.78 Å². The van der Waals surface area contributed by atoms with Gasteiger partial charge in [-0.05, 0) is 37.8 Å². The van der Waals surface area contributed by atoms with Crippen molar-refractivity contribution in [1.29, 1.82) is 0 Å². The number of fused-ring (bicyclic) bond motifs is 1. The summed E-state index contributed by atoms with van der Waals surface area (Å²) in [5.41, 5.74) is 2.53. The predicted octanol–water partition coefficient (Wildman–Crippen LogP) is 2.27. The topological polar surface area (TPSA) is 79.4 Å². The zero-order chi connectivity index (χ0) is 18.3. The minimum atomic E-state index is -3.15. The Hall–Kier alpha value is -1.99. The molecule has 2 heterocycles. The van der Waals surface area contributed by atoms with Crippen LogP contribution in [0, 0.1) is 0 Å². The van der Waals surface area contributed by atoms with Crippen molar-refractivity contribution >= 4 is 26.8 Å². The third-order valence-corrected chi connectivity index (χ3v) is 6.54. The van der Waals surface area contributed by atoms with Gasteiger partial charge in [-0.1, -0.05) is 18.2 Å². The maximum atomic E-state index is 12.9. The molecule has 1 aliphatic carbocycles. The Kier molecular flexibility index (Phi) is 4.44. The highest BCUT2D eigenvalue weighted by Gasteiger charge is 2.29. The fraction of sp³-hybridized carbons (Fsp3) is 0.474. The van der Waals surface area contributed by atoms with Gasteiger partial charge in [0.2, 0.25) is 10.0 Å². The molecule has 0 unspecified atom stereocenters. The fourth-order valence-corrected chi connectivity index (χ4v) is 4.44. The van der Waals surface area contributed by atoms with Crippen LogP contribution in [0.4, 0.5) is 0 Å². The van der Waals surface area contributed by atoms with Crippen LogP contribution in [0.5, 0.6) is 0 Å². The number of nitrogens with zero attached hydrogens (tertiary/aromatic N) is 2. The summed E-state index contributed by atoms with van der Waals surface area (Å²) in [6.45, 7) is 0.905. The summed E-state index contributed by atoms with van der Waals surface area (Å²) in [5, 5.41) is 3.96. The Morgan fingerprint density at radius 3 is 2.50 bits per heavy atom. The van der Waals surface area contributed by atoms with Crippen LogP contribution in [-0.2, 0) is 10.0 Å². The van der Waals surface area contributed by atoms with E-state index in [2.05, 4.69) is 5.32 Å². The molecule has 6 nitrogen and oxygen atoms in total. The van der Waals surface area contributed by atoms with Crippen molar-refractivity contribution in [3.63, 3.8) is 0 Å². The molecule has 1 aliphatic heterocycles. The van der Waals surface area contributed by atoms with E-state index in [0.717, 1.165) is 29.4 Å². The van der Waals surface area contributed by atoms with Crippen LogP contribution >= 0.6 is 0 Å². The van der Waals surface area contributed by atoms with E-state index in [1.54, 1.807) is 0 Å². The van der Waals surface area contributed by atoms with Gasteiger partial charge >= 0.3 is 0 Å². The minimum absolute atomic E-state index is 0.00296. The molecule has 1 amide bonds. The quantitative estimate of drug-likeness (QED) is 0.892. The summed E-state index contributed by atoms with van der Waals surface area (Å²) in [5.74, 6) is 0.382. The second-order valence-corrected chi connectivity index (χ2v) is 9.28. The van der Waals surface area contributed by atoms with Crippen LogP contribution < -0.4 is 5.32 Å². The van der Waals surface area contributed by atoms with Crippen LogP contribution in [-0.4, -0.2) is 49.0 Å². The number of carbonyl (C=O) groups excluding carboxylic acids is 1. The standard InChI is InChI=1S/C19H23N3O3S/c1-26(24,25)22-10-8-14(9-11-22)20-19(23)16-12-18(13-6-7-13)21-17-5-3-2-4-15(16)17/h2-5,12-14H,6-11H2,1H3,(H,20,23). The second kappa shape index (κ2) is 6.63. The van der Waals surface area contributed by atoms with E-state index in [9.17, 15) is 13.2 Å². The van der Waals surface area contributed by atoms with Crippen LogP contribution in [0.25, 0.3) is 10.9 Å². The van der Waals surface area contributed by atoms with E-state index in [1.165, 1.54) is 10.6 Å². The fourth-order valence-electron chi connectivity index (χ4n) is 3.57.